The zero-order chi connectivity index (χ0) is 18.3. The van der Waals surface area contributed by atoms with E-state index in [2.05, 4.69) is 20.9 Å². The van der Waals surface area contributed by atoms with Gasteiger partial charge in [-0.15, -0.1) is 0 Å². The Morgan fingerprint density at radius 1 is 1.52 bits per heavy atom. The fourth-order valence-electron chi connectivity index (χ4n) is 2.98. The second kappa shape index (κ2) is 6.68. The summed E-state index contributed by atoms with van der Waals surface area (Å²) >= 11 is 9.04. The van der Waals surface area contributed by atoms with Crippen molar-refractivity contribution in [2.45, 2.75) is 19.4 Å². The molecule has 3 rings (SSSR count). The number of benzene rings is 1. The van der Waals surface area contributed by atoms with Crippen LogP contribution in [0.3, 0.4) is 0 Å². The average Bonchev–Trinajstić information content (AvgIpc) is 2.60. The Kier molecular flexibility index (Phi) is 4.75. The summed E-state index contributed by atoms with van der Waals surface area (Å²) < 4.78 is 14.5. The zero-order valence-electron chi connectivity index (χ0n) is 13.0. The predicted octanol–water partition coefficient (Wildman–Crippen LogP) is 4.30. The molecule has 0 radical (unpaired) electrons. The molecule has 0 fully saturated rings. The fourth-order valence-corrected chi connectivity index (χ4v) is 3.53. The van der Waals surface area contributed by atoms with Crippen molar-refractivity contribution in [2.75, 3.05) is 6.54 Å². The summed E-state index contributed by atoms with van der Waals surface area (Å²) in [5.41, 5.74) is 0.800. The van der Waals surface area contributed by atoms with Crippen LogP contribution in [-0.2, 0) is 6.42 Å². The number of carbonyl (C=O) groups is 1. The topological polar surface area (TPSA) is 76.3 Å². The molecule has 0 bridgehead atoms. The molecule has 0 saturated heterocycles. The number of fused-ring (bicyclic) bond motifs is 1. The van der Waals surface area contributed by atoms with E-state index in [0.717, 1.165) is 0 Å². The maximum atomic E-state index is 14.3. The van der Waals surface area contributed by atoms with Crippen LogP contribution in [0.2, 0.25) is 5.02 Å². The highest BCUT2D eigenvalue weighted by molar-refractivity contribution is 9.10. The van der Waals surface area contributed by atoms with E-state index in [1.165, 1.54) is 17.2 Å². The van der Waals surface area contributed by atoms with E-state index in [-0.39, 0.29) is 27.4 Å². The van der Waals surface area contributed by atoms with Crippen molar-refractivity contribution in [3.63, 3.8) is 0 Å². The van der Waals surface area contributed by atoms with Gasteiger partial charge in [-0.25, -0.2) is 4.39 Å². The van der Waals surface area contributed by atoms with Gasteiger partial charge in [0.05, 0.1) is 21.1 Å². The highest BCUT2D eigenvalue weighted by Crippen LogP contribution is 2.36. The smallest absolute Gasteiger partial charge is 0.358 e. The molecule has 1 aliphatic rings. The Hall–Kier alpha value is -2.06. The quantitative estimate of drug-likeness (QED) is 0.415. The summed E-state index contributed by atoms with van der Waals surface area (Å²) in [5.74, 6) is -1.26. The lowest BCUT2D eigenvalue weighted by molar-refractivity contribution is -0.390. The van der Waals surface area contributed by atoms with Gasteiger partial charge in [-0.2, -0.15) is 0 Å². The summed E-state index contributed by atoms with van der Waals surface area (Å²) in [6.45, 7) is 1.92. The van der Waals surface area contributed by atoms with Crippen LogP contribution in [-0.4, -0.2) is 27.3 Å². The van der Waals surface area contributed by atoms with Gasteiger partial charge >= 0.3 is 5.82 Å². The van der Waals surface area contributed by atoms with Crippen molar-refractivity contribution in [1.82, 2.24) is 9.88 Å². The Labute approximate surface area is 155 Å². The molecule has 2 aromatic rings. The monoisotopic (exact) mass is 427 g/mol. The third kappa shape index (κ3) is 3.00. The lowest BCUT2D eigenvalue weighted by Crippen LogP contribution is -2.40. The number of rotatable bonds is 3. The van der Waals surface area contributed by atoms with Crippen LogP contribution >= 0.6 is 27.5 Å². The summed E-state index contributed by atoms with van der Waals surface area (Å²) in [6.07, 6.45) is 1.62. The number of aromatic nitrogens is 1. The third-order valence-electron chi connectivity index (χ3n) is 4.26. The third-order valence-corrected chi connectivity index (χ3v) is 5.57. The summed E-state index contributed by atoms with van der Waals surface area (Å²) in [7, 11) is 0. The molecule has 2 heterocycles. The number of hydrogen-bond donors (Lipinski definition) is 0. The first-order valence-corrected chi connectivity index (χ1v) is 8.56. The molecular weight excluding hydrogens is 417 g/mol. The van der Waals surface area contributed by atoms with Crippen LogP contribution < -0.4 is 0 Å². The molecule has 0 spiro atoms. The molecule has 6 nitrogen and oxygen atoms in total. The molecule has 0 saturated carbocycles. The minimum Gasteiger partial charge on any atom is -0.358 e. The number of carbonyl (C=O) groups excluding carboxylic acids is 1. The van der Waals surface area contributed by atoms with Gasteiger partial charge in [0.15, 0.2) is 0 Å². The molecule has 0 N–H and O–H groups in total. The van der Waals surface area contributed by atoms with Gasteiger partial charge in [-0.3, -0.25) is 4.79 Å². The first-order valence-electron chi connectivity index (χ1n) is 7.39. The van der Waals surface area contributed by atoms with Gasteiger partial charge in [0.1, 0.15) is 12.0 Å². The van der Waals surface area contributed by atoms with E-state index >= 15 is 0 Å². The molecule has 1 aromatic heterocycles. The van der Waals surface area contributed by atoms with Gasteiger partial charge in [0, 0.05) is 17.7 Å². The van der Waals surface area contributed by atoms with Crippen LogP contribution in [0.1, 0.15) is 34.5 Å². The van der Waals surface area contributed by atoms with E-state index in [1.807, 2.05) is 0 Å². The number of amides is 1. The van der Waals surface area contributed by atoms with E-state index in [0.29, 0.717) is 17.5 Å². The van der Waals surface area contributed by atoms with Crippen molar-refractivity contribution in [1.29, 1.82) is 0 Å². The van der Waals surface area contributed by atoms with Crippen molar-refractivity contribution < 1.29 is 14.1 Å². The Bertz CT molecular complexity index is 893. The second-order valence-electron chi connectivity index (χ2n) is 5.61. The molecular formula is C16H12BrClFN3O3. The van der Waals surface area contributed by atoms with Crippen LogP contribution in [0.5, 0.6) is 0 Å². The molecule has 25 heavy (non-hydrogen) atoms. The van der Waals surface area contributed by atoms with E-state index in [9.17, 15) is 19.3 Å². The highest BCUT2D eigenvalue weighted by atomic mass is 79.9. The van der Waals surface area contributed by atoms with Crippen molar-refractivity contribution in [3.05, 3.63) is 66.5 Å². The second-order valence-corrected chi connectivity index (χ2v) is 6.81. The predicted molar refractivity (Wildman–Crippen MR) is 93.2 cm³/mol. The first kappa shape index (κ1) is 17.8. The molecule has 1 atom stereocenters. The maximum Gasteiger partial charge on any atom is 0.368 e. The number of halogens is 3. The molecule has 1 aromatic carbocycles. The number of pyridine rings is 1. The molecule has 1 amide bonds. The zero-order valence-corrected chi connectivity index (χ0v) is 15.3. The van der Waals surface area contributed by atoms with Gasteiger partial charge in [-0.05, 0) is 57.4 Å². The van der Waals surface area contributed by atoms with Crippen molar-refractivity contribution >= 4 is 39.3 Å². The molecule has 9 heteroatoms. The molecule has 0 aliphatic carbocycles. The largest absolute Gasteiger partial charge is 0.368 e. The standard InChI is InChI=1S/C16H12BrClFN3O3/c1-8(9-3-2-5-20-15(9)22(24)25)21-6-4-10-11(16(21)23)7-12(18)13(17)14(10)19/h2-3,5,7-8H,4,6H2,1H3. The van der Waals surface area contributed by atoms with Crippen molar-refractivity contribution in [3.8, 4) is 0 Å². The summed E-state index contributed by atoms with van der Waals surface area (Å²) in [4.78, 5) is 28.7. The van der Waals surface area contributed by atoms with Gasteiger partial charge in [-0.1, -0.05) is 11.6 Å². The SMILES string of the molecule is CC(c1cccnc1[N+](=O)[O-])N1CCc2c(cc(Cl)c(Br)c2F)C1=O. The highest BCUT2D eigenvalue weighted by Gasteiger charge is 2.34. The lowest BCUT2D eigenvalue weighted by Gasteiger charge is -2.33. The lowest BCUT2D eigenvalue weighted by atomic mass is 9.96. The molecule has 1 aliphatic heterocycles. The number of nitrogens with zero attached hydrogens (tertiary/aromatic N) is 3. The van der Waals surface area contributed by atoms with Crippen LogP contribution in [0.4, 0.5) is 10.2 Å². The maximum absolute atomic E-state index is 14.3. The number of hydrogen-bond acceptors (Lipinski definition) is 4. The molecule has 1 unspecified atom stereocenters. The van der Waals surface area contributed by atoms with Gasteiger partial charge in [0.2, 0.25) is 0 Å². The van der Waals surface area contributed by atoms with Crippen LogP contribution in [0.15, 0.2) is 28.9 Å². The van der Waals surface area contributed by atoms with Gasteiger partial charge in [0.25, 0.3) is 5.91 Å². The first-order chi connectivity index (χ1) is 11.8. The normalized spacial score (nSPS) is 15.0. The Morgan fingerprint density at radius 2 is 2.24 bits per heavy atom. The Morgan fingerprint density at radius 3 is 2.92 bits per heavy atom. The molecule has 130 valence electrons. The minimum absolute atomic E-state index is 0.103. The minimum atomic E-state index is -0.583. The van der Waals surface area contributed by atoms with E-state index in [4.69, 9.17) is 11.6 Å². The van der Waals surface area contributed by atoms with Crippen molar-refractivity contribution in [2.24, 2.45) is 0 Å². The van der Waals surface area contributed by atoms with E-state index in [1.54, 1.807) is 19.1 Å². The van der Waals surface area contributed by atoms with E-state index < -0.39 is 22.7 Å². The Balaban J connectivity index is 2.02. The summed E-state index contributed by atoms with van der Waals surface area (Å²) in [6, 6.07) is 3.98. The van der Waals surface area contributed by atoms with Crippen LogP contribution in [0, 0.1) is 15.9 Å². The van der Waals surface area contributed by atoms with Gasteiger partial charge < -0.3 is 15.0 Å². The number of nitro groups is 1. The average molecular weight is 429 g/mol. The summed E-state index contributed by atoms with van der Waals surface area (Å²) in [5, 5.41) is 11.3. The van der Waals surface area contributed by atoms with Crippen LogP contribution in [0.25, 0.3) is 0 Å². The fraction of sp³-hybridized carbons (Fsp3) is 0.250.